The number of nitrogens with zero attached hydrogens (tertiary/aromatic N) is 1. The number of rotatable bonds is 8. The van der Waals surface area contributed by atoms with Crippen LogP contribution in [0.1, 0.15) is 31.7 Å². The lowest BCUT2D eigenvalue weighted by Gasteiger charge is -2.31. The van der Waals surface area contributed by atoms with Gasteiger partial charge in [-0.25, -0.2) is 8.42 Å². The maximum Gasteiger partial charge on any atom is 0.275 e. The van der Waals surface area contributed by atoms with Gasteiger partial charge in [0.2, 0.25) is 10.0 Å². The van der Waals surface area contributed by atoms with Crippen LogP contribution in [-0.4, -0.2) is 57.9 Å². The van der Waals surface area contributed by atoms with Crippen molar-refractivity contribution in [2.45, 2.75) is 38.0 Å². The number of quaternary nitrogens is 1. The Kier molecular flexibility index (Phi) is 7.40. The highest BCUT2D eigenvalue weighted by Gasteiger charge is 2.30. The molecule has 1 amide bonds. The summed E-state index contributed by atoms with van der Waals surface area (Å²) in [5.74, 6) is 0.0564. The maximum absolute atomic E-state index is 12.7. The van der Waals surface area contributed by atoms with Crippen LogP contribution in [0.15, 0.2) is 29.2 Å². The Balaban J connectivity index is 1.81. The van der Waals surface area contributed by atoms with Gasteiger partial charge < -0.3 is 10.2 Å². The molecule has 7 heteroatoms. The highest BCUT2D eigenvalue weighted by atomic mass is 32.2. The van der Waals surface area contributed by atoms with E-state index >= 15 is 0 Å². The zero-order chi connectivity index (χ0) is 18.3. The fourth-order valence-electron chi connectivity index (χ4n) is 2.97. The fourth-order valence-corrected chi connectivity index (χ4v) is 4.41. The average Bonchev–Trinajstić information content (AvgIpc) is 2.60. The summed E-state index contributed by atoms with van der Waals surface area (Å²) in [5.41, 5.74) is 1.04. The summed E-state index contributed by atoms with van der Waals surface area (Å²) in [6, 6.07) is 6.95. The van der Waals surface area contributed by atoms with E-state index in [1.165, 1.54) is 4.31 Å². The van der Waals surface area contributed by atoms with Gasteiger partial charge >= 0.3 is 0 Å². The lowest BCUT2D eigenvalue weighted by Crippen LogP contribution is -3.15. The van der Waals surface area contributed by atoms with Gasteiger partial charge in [0.05, 0.1) is 31.1 Å². The predicted molar refractivity (Wildman–Crippen MR) is 98.0 cm³/mol. The number of aryl methyl sites for hydroxylation is 1. The van der Waals surface area contributed by atoms with Crippen LogP contribution in [0.5, 0.6) is 0 Å². The number of nitrogens with one attached hydrogen (secondary N) is 2. The summed E-state index contributed by atoms with van der Waals surface area (Å²) in [6.07, 6.45) is 3.28. The number of amides is 1. The van der Waals surface area contributed by atoms with Crippen LogP contribution in [0.2, 0.25) is 0 Å². The Morgan fingerprint density at radius 2 is 1.80 bits per heavy atom. The van der Waals surface area contributed by atoms with E-state index < -0.39 is 10.0 Å². The summed E-state index contributed by atoms with van der Waals surface area (Å²) in [7, 11) is -3.43. The topological polar surface area (TPSA) is 70.9 Å². The summed E-state index contributed by atoms with van der Waals surface area (Å²) >= 11 is 0. The third-order valence-electron chi connectivity index (χ3n) is 4.60. The van der Waals surface area contributed by atoms with E-state index in [0.29, 0.717) is 37.6 Å². The van der Waals surface area contributed by atoms with Gasteiger partial charge in [-0.3, -0.25) is 4.79 Å². The summed E-state index contributed by atoms with van der Waals surface area (Å²) < 4.78 is 26.9. The molecule has 0 aliphatic carbocycles. The van der Waals surface area contributed by atoms with Gasteiger partial charge in [0.1, 0.15) is 0 Å². The maximum atomic E-state index is 12.7. The Labute approximate surface area is 151 Å². The molecule has 1 heterocycles. The van der Waals surface area contributed by atoms with Gasteiger partial charge in [-0.05, 0) is 25.5 Å². The van der Waals surface area contributed by atoms with Crippen molar-refractivity contribution < 1.29 is 18.1 Å². The molecule has 0 bridgehead atoms. The van der Waals surface area contributed by atoms with Crippen LogP contribution in [-0.2, 0) is 14.8 Å². The first-order chi connectivity index (χ1) is 11.9. The highest BCUT2D eigenvalue weighted by molar-refractivity contribution is 7.89. The van der Waals surface area contributed by atoms with E-state index in [0.717, 1.165) is 36.3 Å². The number of carbonyl (C=O) groups is 1. The molecule has 0 atom stereocenters. The number of hydrogen-bond acceptors (Lipinski definition) is 3. The third-order valence-corrected chi connectivity index (χ3v) is 6.51. The van der Waals surface area contributed by atoms with Crippen molar-refractivity contribution in [3.63, 3.8) is 0 Å². The van der Waals surface area contributed by atoms with Crippen molar-refractivity contribution in [2.24, 2.45) is 0 Å². The second-order valence-corrected chi connectivity index (χ2v) is 8.64. The number of sulfonamides is 1. The Morgan fingerprint density at radius 3 is 2.40 bits per heavy atom. The summed E-state index contributed by atoms with van der Waals surface area (Å²) in [6.45, 7) is 7.45. The molecule has 6 nitrogen and oxygen atoms in total. The first kappa shape index (κ1) is 19.9. The zero-order valence-electron chi connectivity index (χ0n) is 15.3. The Hall–Kier alpha value is -1.44. The third kappa shape index (κ3) is 5.80. The molecular formula is C18H30N3O3S+. The van der Waals surface area contributed by atoms with Crippen LogP contribution in [0.3, 0.4) is 0 Å². The monoisotopic (exact) mass is 368 g/mol. The van der Waals surface area contributed by atoms with Crippen LogP contribution in [0, 0.1) is 6.92 Å². The molecule has 0 spiro atoms. The molecule has 0 radical (unpaired) electrons. The van der Waals surface area contributed by atoms with E-state index in [4.69, 9.17) is 0 Å². The van der Waals surface area contributed by atoms with Crippen LogP contribution in [0.4, 0.5) is 0 Å². The number of carbonyl (C=O) groups excluding carboxylic acids is 1. The molecule has 1 saturated heterocycles. The average molecular weight is 369 g/mol. The van der Waals surface area contributed by atoms with Crippen molar-refractivity contribution in [1.82, 2.24) is 9.62 Å². The molecule has 1 aliphatic heterocycles. The fraction of sp³-hybridized carbons (Fsp3) is 0.611. The van der Waals surface area contributed by atoms with Gasteiger partial charge in [0.15, 0.2) is 6.54 Å². The van der Waals surface area contributed by atoms with Crippen LogP contribution in [0.25, 0.3) is 0 Å². The molecule has 0 unspecified atom stereocenters. The van der Waals surface area contributed by atoms with Gasteiger partial charge in [0, 0.05) is 6.54 Å². The number of benzene rings is 1. The first-order valence-corrected chi connectivity index (χ1v) is 10.5. The van der Waals surface area contributed by atoms with Crippen molar-refractivity contribution in [1.29, 1.82) is 0 Å². The van der Waals surface area contributed by atoms with Crippen molar-refractivity contribution in [3.8, 4) is 0 Å². The molecule has 140 valence electrons. The van der Waals surface area contributed by atoms with Crippen molar-refractivity contribution >= 4 is 15.9 Å². The van der Waals surface area contributed by atoms with Crippen LogP contribution >= 0.6 is 0 Å². The summed E-state index contributed by atoms with van der Waals surface area (Å²) in [5, 5.41) is 2.95. The smallest absolute Gasteiger partial charge is 0.275 e. The van der Waals surface area contributed by atoms with E-state index in [2.05, 4.69) is 12.2 Å². The largest absolute Gasteiger partial charge is 0.351 e. The van der Waals surface area contributed by atoms with E-state index in [1.54, 1.807) is 12.1 Å². The predicted octanol–water partition coefficient (Wildman–Crippen LogP) is 0.191. The Morgan fingerprint density at radius 1 is 1.16 bits per heavy atom. The Bertz CT molecular complexity index is 651. The lowest BCUT2D eigenvalue weighted by molar-refractivity contribution is -0.895. The SMILES string of the molecule is CCCCCNC(=O)C[NH+]1CCN(S(=O)(=O)c2ccc(C)cc2)CC1. The standard InChI is InChI=1S/C18H29N3O3S/c1-3-4-5-10-19-18(22)15-20-11-13-21(14-12-20)25(23,24)17-8-6-16(2)7-9-17/h6-9H,3-5,10-15H2,1-2H3,(H,19,22)/p+1. The summed E-state index contributed by atoms with van der Waals surface area (Å²) in [4.78, 5) is 13.4. The molecule has 0 saturated carbocycles. The highest BCUT2D eigenvalue weighted by Crippen LogP contribution is 2.16. The molecule has 1 aromatic carbocycles. The second kappa shape index (κ2) is 9.31. The lowest BCUT2D eigenvalue weighted by atomic mass is 10.2. The van der Waals surface area contributed by atoms with Crippen molar-refractivity contribution in [2.75, 3.05) is 39.3 Å². The van der Waals surface area contributed by atoms with E-state index in [9.17, 15) is 13.2 Å². The normalized spacial score (nSPS) is 16.7. The molecule has 2 rings (SSSR count). The minimum atomic E-state index is -3.43. The molecule has 2 N–H and O–H groups in total. The number of unbranched alkanes of at least 4 members (excludes halogenated alkanes) is 2. The molecule has 0 aromatic heterocycles. The minimum Gasteiger partial charge on any atom is -0.351 e. The van der Waals surface area contributed by atoms with E-state index in [1.807, 2.05) is 19.1 Å². The van der Waals surface area contributed by atoms with Gasteiger partial charge in [-0.1, -0.05) is 37.5 Å². The van der Waals surface area contributed by atoms with Gasteiger partial charge in [0.25, 0.3) is 5.91 Å². The molecule has 1 aromatic rings. The zero-order valence-corrected chi connectivity index (χ0v) is 16.1. The first-order valence-electron chi connectivity index (χ1n) is 9.10. The molecule has 1 fully saturated rings. The molecular weight excluding hydrogens is 338 g/mol. The van der Waals surface area contributed by atoms with Gasteiger partial charge in [-0.15, -0.1) is 0 Å². The van der Waals surface area contributed by atoms with E-state index in [-0.39, 0.29) is 5.91 Å². The quantitative estimate of drug-likeness (QED) is 0.644. The second-order valence-electron chi connectivity index (χ2n) is 6.70. The molecule has 1 aliphatic rings. The number of hydrogen-bond donors (Lipinski definition) is 2. The van der Waals surface area contributed by atoms with Crippen LogP contribution < -0.4 is 10.2 Å². The van der Waals surface area contributed by atoms with Gasteiger partial charge in [-0.2, -0.15) is 4.31 Å². The minimum absolute atomic E-state index is 0.0564. The number of piperazine rings is 1. The van der Waals surface area contributed by atoms with Crippen molar-refractivity contribution in [3.05, 3.63) is 29.8 Å². The molecule has 25 heavy (non-hydrogen) atoms.